The van der Waals surface area contributed by atoms with Gasteiger partial charge in [-0.05, 0) is 17.7 Å². The molecule has 3 nitrogen and oxygen atoms in total. The van der Waals surface area contributed by atoms with Gasteiger partial charge in [0.25, 0.3) is 0 Å². The van der Waals surface area contributed by atoms with Gasteiger partial charge in [0.1, 0.15) is 5.82 Å². The highest BCUT2D eigenvalue weighted by atomic mass is 19.4. The molecule has 0 saturated carbocycles. The number of nitrogens with two attached hydrogens (primary N) is 1. The summed E-state index contributed by atoms with van der Waals surface area (Å²) in [7, 11) is 0. The van der Waals surface area contributed by atoms with Crippen LogP contribution in [0.4, 0.5) is 13.2 Å². The lowest BCUT2D eigenvalue weighted by molar-refractivity contribution is -0.134. The van der Waals surface area contributed by atoms with Gasteiger partial charge >= 0.3 is 6.18 Å². The van der Waals surface area contributed by atoms with E-state index in [4.69, 9.17) is 5.73 Å². The van der Waals surface area contributed by atoms with Crippen molar-refractivity contribution in [3.63, 3.8) is 0 Å². The Morgan fingerprint density at radius 3 is 2.71 bits per heavy atom. The largest absolute Gasteiger partial charge is 0.389 e. The average molecular weight is 243 g/mol. The van der Waals surface area contributed by atoms with Crippen LogP contribution in [0.2, 0.25) is 0 Å². The molecule has 0 amide bonds. The molecule has 92 valence electrons. The number of nitrogens with one attached hydrogen (secondary N) is 1. The molecule has 2 rings (SSSR count). The Labute approximate surface area is 95.8 Å². The van der Waals surface area contributed by atoms with Crippen LogP contribution in [0.15, 0.2) is 18.2 Å². The lowest BCUT2D eigenvalue weighted by Gasteiger charge is -2.02. The molecule has 2 aromatic rings. The van der Waals surface area contributed by atoms with E-state index in [1.807, 2.05) is 6.07 Å². The number of fused-ring (bicyclic) bond motifs is 1. The second-order valence-electron chi connectivity index (χ2n) is 3.85. The van der Waals surface area contributed by atoms with Crippen LogP contribution in [0.1, 0.15) is 17.8 Å². The van der Waals surface area contributed by atoms with Gasteiger partial charge in [0, 0.05) is 13.0 Å². The second-order valence-corrected chi connectivity index (χ2v) is 3.85. The van der Waals surface area contributed by atoms with E-state index in [9.17, 15) is 13.2 Å². The minimum absolute atomic E-state index is 0.129. The molecule has 0 spiro atoms. The number of alkyl halides is 3. The zero-order valence-electron chi connectivity index (χ0n) is 9.01. The van der Waals surface area contributed by atoms with Crippen molar-refractivity contribution in [1.29, 1.82) is 0 Å². The molecule has 1 heterocycles. The van der Waals surface area contributed by atoms with Crippen molar-refractivity contribution >= 4 is 11.0 Å². The van der Waals surface area contributed by atoms with Gasteiger partial charge in [-0.3, -0.25) is 0 Å². The molecule has 0 aliphatic carbocycles. The third-order valence-electron chi connectivity index (χ3n) is 2.48. The number of aromatic amines is 1. The zero-order chi connectivity index (χ0) is 12.5. The van der Waals surface area contributed by atoms with Gasteiger partial charge in [0.15, 0.2) is 0 Å². The Hall–Kier alpha value is -1.56. The normalized spacial score (nSPS) is 12.2. The highest BCUT2D eigenvalue weighted by Crippen LogP contribution is 2.22. The van der Waals surface area contributed by atoms with Crippen molar-refractivity contribution in [2.75, 3.05) is 0 Å². The maximum absolute atomic E-state index is 12.1. The minimum Gasteiger partial charge on any atom is -0.342 e. The number of imidazole rings is 1. The average Bonchev–Trinajstić information content (AvgIpc) is 2.66. The van der Waals surface area contributed by atoms with Crippen molar-refractivity contribution in [3.8, 4) is 0 Å². The van der Waals surface area contributed by atoms with Crippen LogP contribution < -0.4 is 5.73 Å². The summed E-state index contributed by atoms with van der Waals surface area (Å²) in [6, 6.07) is 5.38. The molecule has 3 N–H and O–H groups in total. The summed E-state index contributed by atoms with van der Waals surface area (Å²) in [6.45, 7) is 0.396. The molecule has 0 radical (unpaired) electrons. The number of hydrogen-bond donors (Lipinski definition) is 2. The SMILES string of the molecule is NCc1ccc2nc(CCC(F)(F)F)[nH]c2c1. The third-order valence-corrected chi connectivity index (χ3v) is 2.48. The van der Waals surface area contributed by atoms with E-state index in [1.54, 1.807) is 12.1 Å². The molecule has 0 aliphatic rings. The lowest BCUT2D eigenvalue weighted by atomic mass is 10.2. The van der Waals surface area contributed by atoms with Gasteiger partial charge in [-0.15, -0.1) is 0 Å². The minimum atomic E-state index is -4.15. The van der Waals surface area contributed by atoms with Gasteiger partial charge in [0.05, 0.1) is 17.5 Å². The molecule has 0 bridgehead atoms. The fourth-order valence-corrected chi connectivity index (χ4v) is 1.62. The maximum atomic E-state index is 12.1. The predicted octanol–water partition coefficient (Wildman–Crippen LogP) is 2.52. The summed E-state index contributed by atoms with van der Waals surface area (Å²) in [5.41, 5.74) is 7.79. The van der Waals surface area contributed by atoms with Crippen LogP contribution in [0.3, 0.4) is 0 Å². The van der Waals surface area contributed by atoms with Gasteiger partial charge in [-0.2, -0.15) is 13.2 Å². The molecule has 0 fully saturated rings. The summed E-state index contributed by atoms with van der Waals surface area (Å²) in [5, 5.41) is 0. The molecular weight excluding hydrogens is 231 g/mol. The van der Waals surface area contributed by atoms with Gasteiger partial charge in [-0.1, -0.05) is 6.07 Å². The molecule has 0 aliphatic heterocycles. The highest BCUT2D eigenvalue weighted by molar-refractivity contribution is 5.75. The Balaban J connectivity index is 2.20. The van der Waals surface area contributed by atoms with Crippen LogP contribution in [-0.4, -0.2) is 16.1 Å². The fraction of sp³-hybridized carbons (Fsp3) is 0.364. The zero-order valence-corrected chi connectivity index (χ0v) is 9.01. The van der Waals surface area contributed by atoms with E-state index in [0.717, 1.165) is 11.1 Å². The lowest BCUT2D eigenvalue weighted by Crippen LogP contribution is -2.09. The van der Waals surface area contributed by atoms with Crippen LogP contribution >= 0.6 is 0 Å². The van der Waals surface area contributed by atoms with Gasteiger partial charge < -0.3 is 10.7 Å². The van der Waals surface area contributed by atoms with Gasteiger partial charge in [0.2, 0.25) is 0 Å². The summed E-state index contributed by atoms with van der Waals surface area (Å²) < 4.78 is 36.2. The number of H-pyrrole nitrogens is 1. The Morgan fingerprint density at radius 1 is 1.29 bits per heavy atom. The van der Waals surface area contributed by atoms with E-state index >= 15 is 0 Å². The Bertz CT molecular complexity index is 516. The monoisotopic (exact) mass is 243 g/mol. The Morgan fingerprint density at radius 2 is 2.06 bits per heavy atom. The highest BCUT2D eigenvalue weighted by Gasteiger charge is 2.27. The van der Waals surface area contributed by atoms with E-state index < -0.39 is 12.6 Å². The van der Waals surface area contributed by atoms with Crippen molar-refractivity contribution in [3.05, 3.63) is 29.6 Å². The first kappa shape index (κ1) is 11.9. The number of aryl methyl sites for hydroxylation is 1. The third kappa shape index (κ3) is 2.97. The van der Waals surface area contributed by atoms with Crippen molar-refractivity contribution in [2.45, 2.75) is 25.6 Å². The van der Waals surface area contributed by atoms with E-state index in [2.05, 4.69) is 9.97 Å². The quantitative estimate of drug-likeness (QED) is 0.870. The predicted molar refractivity (Wildman–Crippen MR) is 58.4 cm³/mol. The molecule has 1 aromatic carbocycles. The van der Waals surface area contributed by atoms with Crippen LogP contribution in [0.25, 0.3) is 11.0 Å². The molecule has 17 heavy (non-hydrogen) atoms. The van der Waals surface area contributed by atoms with E-state index in [1.165, 1.54) is 0 Å². The molecule has 6 heteroatoms. The molecule has 0 unspecified atom stereocenters. The summed E-state index contributed by atoms with van der Waals surface area (Å²) in [4.78, 5) is 6.97. The summed E-state index contributed by atoms with van der Waals surface area (Å²) in [5.74, 6) is 0.353. The first-order valence-electron chi connectivity index (χ1n) is 5.22. The molecule has 0 atom stereocenters. The first-order chi connectivity index (χ1) is 7.98. The standard InChI is InChI=1S/C11H12F3N3/c12-11(13,14)4-3-10-16-8-2-1-7(6-15)5-9(8)17-10/h1-2,5H,3-4,6,15H2,(H,16,17). The smallest absolute Gasteiger partial charge is 0.342 e. The van der Waals surface area contributed by atoms with Crippen LogP contribution in [-0.2, 0) is 13.0 Å². The van der Waals surface area contributed by atoms with Crippen LogP contribution in [0.5, 0.6) is 0 Å². The number of rotatable bonds is 3. The molecule has 1 aromatic heterocycles. The fourth-order valence-electron chi connectivity index (χ4n) is 1.62. The van der Waals surface area contributed by atoms with Crippen LogP contribution in [0, 0.1) is 0 Å². The number of benzene rings is 1. The first-order valence-corrected chi connectivity index (χ1v) is 5.22. The second kappa shape index (κ2) is 4.37. The van der Waals surface area contributed by atoms with Crippen molar-refractivity contribution < 1.29 is 13.2 Å². The molecule has 0 saturated heterocycles. The number of halogens is 3. The van der Waals surface area contributed by atoms with E-state index in [0.29, 0.717) is 17.9 Å². The topological polar surface area (TPSA) is 54.7 Å². The molecular formula is C11H12F3N3. The summed E-state index contributed by atoms with van der Waals surface area (Å²) >= 11 is 0. The van der Waals surface area contributed by atoms with E-state index in [-0.39, 0.29) is 6.42 Å². The van der Waals surface area contributed by atoms with Crippen molar-refractivity contribution in [2.24, 2.45) is 5.73 Å². The number of aromatic nitrogens is 2. The Kier molecular flexibility index (Phi) is 3.06. The van der Waals surface area contributed by atoms with Crippen molar-refractivity contribution in [1.82, 2.24) is 9.97 Å². The van der Waals surface area contributed by atoms with Gasteiger partial charge in [-0.25, -0.2) is 4.98 Å². The number of nitrogens with zero attached hydrogens (tertiary/aromatic N) is 1. The number of hydrogen-bond acceptors (Lipinski definition) is 2. The summed E-state index contributed by atoms with van der Waals surface area (Å²) in [6.07, 6.45) is -5.14. The maximum Gasteiger partial charge on any atom is 0.389 e.